The Labute approximate surface area is 164 Å². The van der Waals surface area contributed by atoms with Gasteiger partial charge in [0.25, 0.3) is 0 Å². The number of benzene rings is 1. The lowest BCUT2D eigenvalue weighted by molar-refractivity contribution is 1.08. The lowest BCUT2D eigenvalue weighted by Crippen LogP contribution is -2.06. The van der Waals surface area contributed by atoms with E-state index in [0.29, 0.717) is 23.0 Å². The fourth-order valence-electron chi connectivity index (χ4n) is 3.14. The van der Waals surface area contributed by atoms with Crippen molar-refractivity contribution in [1.29, 1.82) is 0 Å². The number of anilines is 1. The van der Waals surface area contributed by atoms with Crippen LogP contribution in [0.5, 0.6) is 0 Å². The summed E-state index contributed by atoms with van der Waals surface area (Å²) in [5.74, 6) is 0.681. The summed E-state index contributed by atoms with van der Waals surface area (Å²) in [5.41, 5.74) is 4.69. The van der Waals surface area contributed by atoms with E-state index in [1.807, 2.05) is 36.4 Å². The van der Waals surface area contributed by atoms with E-state index in [-0.39, 0.29) is 0 Å². The fraction of sp³-hybridized carbons (Fsp3) is 0.0500. The van der Waals surface area contributed by atoms with E-state index in [0.717, 1.165) is 33.4 Å². The van der Waals surface area contributed by atoms with Crippen LogP contribution in [0.15, 0.2) is 61.3 Å². The van der Waals surface area contributed by atoms with Gasteiger partial charge >= 0.3 is 0 Å². The van der Waals surface area contributed by atoms with Gasteiger partial charge in [0.2, 0.25) is 0 Å². The second kappa shape index (κ2) is 6.86. The standard InChI is InChI=1S/C20H14ClN7/c21-14-5-3-4-12-8-13(17(28-16(12)14)15-6-1-2-7-22-15)9-23-19-18-20(25-10-24-18)27-11-26-19/h1-8,10-11H,9H2,(H2,23,24,25,26,27). The van der Waals surface area contributed by atoms with Crippen LogP contribution >= 0.6 is 11.6 Å². The van der Waals surface area contributed by atoms with E-state index < -0.39 is 0 Å². The largest absolute Gasteiger partial charge is 0.364 e. The molecule has 0 amide bonds. The second-order valence-electron chi connectivity index (χ2n) is 6.20. The van der Waals surface area contributed by atoms with Crippen molar-refractivity contribution in [3.05, 3.63) is 71.9 Å². The average Bonchev–Trinajstić information content (AvgIpc) is 3.22. The molecule has 0 aliphatic carbocycles. The van der Waals surface area contributed by atoms with Crippen molar-refractivity contribution in [1.82, 2.24) is 29.9 Å². The number of aromatic nitrogens is 6. The maximum atomic E-state index is 6.37. The summed E-state index contributed by atoms with van der Waals surface area (Å²) in [7, 11) is 0. The highest BCUT2D eigenvalue weighted by atomic mass is 35.5. The predicted octanol–water partition coefficient (Wildman–Crippen LogP) is 4.23. The van der Waals surface area contributed by atoms with Crippen LogP contribution in [-0.2, 0) is 6.54 Å². The maximum absolute atomic E-state index is 6.37. The van der Waals surface area contributed by atoms with Gasteiger partial charge in [-0.2, -0.15) is 0 Å². The van der Waals surface area contributed by atoms with Crippen LogP contribution in [0.25, 0.3) is 33.5 Å². The highest BCUT2D eigenvalue weighted by Crippen LogP contribution is 2.29. The van der Waals surface area contributed by atoms with Crippen molar-refractivity contribution in [2.75, 3.05) is 5.32 Å². The number of imidazole rings is 1. The highest BCUT2D eigenvalue weighted by Gasteiger charge is 2.13. The molecule has 7 nitrogen and oxygen atoms in total. The third-order valence-electron chi connectivity index (χ3n) is 4.45. The van der Waals surface area contributed by atoms with Crippen LogP contribution in [0.3, 0.4) is 0 Å². The van der Waals surface area contributed by atoms with E-state index in [2.05, 4.69) is 36.3 Å². The Morgan fingerprint density at radius 2 is 1.96 bits per heavy atom. The molecule has 0 aliphatic rings. The molecule has 0 aliphatic heterocycles. The SMILES string of the molecule is Clc1cccc2cc(CNc3ncnc4nc[nH]c34)c(-c3ccccn3)nc12. The molecule has 1 aromatic carbocycles. The first-order valence-electron chi connectivity index (χ1n) is 8.67. The van der Waals surface area contributed by atoms with Crippen molar-refractivity contribution in [2.45, 2.75) is 6.54 Å². The summed E-state index contributed by atoms with van der Waals surface area (Å²) in [6.45, 7) is 0.506. The number of para-hydroxylation sites is 1. The van der Waals surface area contributed by atoms with Gasteiger partial charge in [-0.3, -0.25) is 4.98 Å². The van der Waals surface area contributed by atoms with Crippen LogP contribution < -0.4 is 5.32 Å². The van der Waals surface area contributed by atoms with Crippen molar-refractivity contribution in [2.24, 2.45) is 0 Å². The summed E-state index contributed by atoms with van der Waals surface area (Å²) >= 11 is 6.37. The number of nitrogens with zero attached hydrogens (tertiary/aromatic N) is 5. The van der Waals surface area contributed by atoms with Gasteiger partial charge in [0, 0.05) is 18.1 Å². The van der Waals surface area contributed by atoms with Gasteiger partial charge in [-0.1, -0.05) is 29.8 Å². The number of H-pyrrole nitrogens is 1. The molecule has 0 atom stereocenters. The first-order valence-corrected chi connectivity index (χ1v) is 9.05. The highest BCUT2D eigenvalue weighted by molar-refractivity contribution is 6.35. The number of pyridine rings is 2. The first-order chi connectivity index (χ1) is 13.8. The molecule has 28 heavy (non-hydrogen) atoms. The molecule has 4 aromatic heterocycles. The number of rotatable bonds is 4. The first kappa shape index (κ1) is 16.6. The Kier molecular flexibility index (Phi) is 4.06. The molecule has 0 saturated carbocycles. The Hall–Kier alpha value is -3.58. The molecule has 2 N–H and O–H groups in total. The molecule has 8 heteroatoms. The van der Waals surface area contributed by atoms with Crippen LogP contribution in [0, 0.1) is 0 Å². The molecule has 0 radical (unpaired) electrons. The number of nitrogens with one attached hydrogen (secondary N) is 2. The molecule has 0 fully saturated rings. The summed E-state index contributed by atoms with van der Waals surface area (Å²) in [6.07, 6.45) is 4.84. The molecule has 0 saturated heterocycles. The van der Waals surface area contributed by atoms with Gasteiger partial charge in [-0.15, -0.1) is 0 Å². The smallest absolute Gasteiger partial charge is 0.182 e. The molecular weight excluding hydrogens is 374 g/mol. The van der Waals surface area contributed by atoms with Crippen LogP contribution in [0.4, 0.5) is 5.82 Å². The van der Waals surface area contributed by atoms with Crippen LogP contribution in [0.1, 0.15) is 5.56 Å². The minimum atomic E-state index is 0.506. The molecule has 0 bridgehead atoms. The average molecular weight is 388 g/mol. The van der Waals surface area contributed by atoms with Crippen molar-refractivity contribution in [3.8, 4) is 11.4 Å². The van der Waals surface area contributed by atoms with Crippen LogP contribution in [-0.4, -0.2) is 29.9 Å². The zero-order chi connectivity index (χ0) is 18.9. The molecule has 4 heterocycles. The van der Waals surface area contributed by atoms with Crippen molar-refractivity contribution >= 4 is 39.5 Å². The van der Waals surface area contributed by atoms with Gasteiger partial charge in [0.1, 0.15) is 11.8 Å². The van der Waals surface area contributed by atoms with E-state index >= 15 is 0 Å². The topological polar surface area (TPSA) is 92.3 Å². The zero-order valence-electron chi connectivity index (χ0n) is 14.6. The Morgan fingerprint density at radius 1 is 1.00 bits per heavy atom. The number of hydrogen-bond acceptors (Lipinski definition) is 6. The van der Waals surface area contributed by atoms with E-state index in [9.17, 15) is 0 Å². The molecule has 136 valence electrons. The summed E-state index contributed by atoms with van der Waals surface area (Å²) in [5, 5.41) is 4.94. The normalized spacial score (nSPS) is 11.2. The van der Waals surface area contributed by atoms with Gasteiger partial charge in [0.05, 0.1) is 28.3 Å². The molecule has 0 spiro atoms. The number of fused-ring (bicyclic) bond motifs is 2. The quantitative estimate of drug-likeness (QED) is 0.479. The molecular formula is C20H14ClN7. The molecule has 5 aromatic rings. The summed E-state index contributed by atoms with van der Waals surface area (Å²) in [6, 6.07) is 13.6. The third kappa shape index (κ3) is 2.91. The zero-order valence-corrected chi connectivity index (χ0v) is 15.4. The van der Waals surface area contributed by atoms with Gasteiger partial charge in [-0.25, -0.2) is 19.9 Å². The minimum Gasteiger partial charge on any atom is -0.364 e. The minimum absolute atomic E-state index is 0.506. The monoisotopic (exact) mass is 387 g/mol. The Bertz CT molecular complexity index is 1280. The Balaban J connectivity index is 1.60. The number of aromatic amines is 1. The maximum Gasteiger partial charge on any atom is 0.182 e. The Morgan fingerprint density at radius 3 is 2.86 bits per heavy atom. The third-order valence-corrected chi connectivity index (χ3v) is 4.76. The fourth-order valence-corrected chi connectivity index (χ4v) is 3.37. The lowest BCUT2D eigenvalue weighted by Gasteiger charge is -2.12. The van der Waals surface area contributed by atoms with Gasteiger partial charge in [0.15, 0.2) is 11.5 Å². The van der Waals surface area contributed by atoms with Crippen molar-refractivity contribution in [3.63, 3.8) is 0 Å². The number of halogens is 1. The van der Waals surface area contributed by atoms with E-state index in [1.54, 1.807) is 12.5 Å². The molecule has 5 rings (SSSR count). The van der Waals surface area contributed by atoms with Crippen LogP contribution in [0.2, 0.25) is 5.02 Å². The van der Waals surface area contributed by atoms with E-state index in [4.69, 9.17) is 16.6 Å². The second-order valence-corrected chi connectivity index (χ2v) is 6.61. The predicted molar refractivity (Wildman–Crippen MR) is 109 cm³/mol. The number of hydrogen-bond donors (Lipinski definition) is 2. The van der Waals surface area contributed by atoms with Gasteiger partial charge in [-0.05, 0) is 29.8 Å². The van der Waals surface area contributed by atoms with Gasteiger partial charge < -0.3 is 10.3 Å². The van der Waals surface area contributed by atoms with E-state index in [1.165, 1.54) is 6.33 Å². The summed E-state index contributed by atoms with van der Waals surface area (Å²) in [4.78, 5) is 25.0. The van der Waals surface area contributed by atoms with Crippen molar-refractivity contribution < 1.29 is 0 Å². The molecule has 0 unspecified atom stereocenters. The summed E-state index contributed by atoms with van der Waals surface area (Å²) < 4.78 is 0. The lowest BCUT2D eigenvalue weighted by atomic mass is 10.1.